The first kappa shape index (κ1) is 16.6. The molecule has 1 aromatic heterocycles. The second-order valence-corrected chi connectivity index (χ2v) is 7.62. The third-order valence-corrected chi connectivity index (χ3v) is 6.13. The molecule has 5 atom stereocenters. The summed E-state index contributed by atoms with van der Waals surface area (Å²) in [5, 5.41) is 13.4. The van der Waals surface area contributed by atoms with Crippen molar-refractivity contribution in [2.45, 2.75) is 51.3 Å². The highest BCUT2D eigenvalue weighted by atomic mass is 16.5. The van der Waals surface area contributed by atoms with Gasteiger partial charge in [-0.3, -0.25) is 0 Å². The molecular formula is C19H27N3O3. The molecule has 6 nitrogen and oxygen atoms in total. The average Bonchev–Trinajstić information content (AvgIpc) is 3.23. The number of hydrogen-bond donors (Lipinski definition) is 2. The fourth-order valence-electron chi connectivity index (χ4n) is 4.92. The van der Waals surface area contributed by atoms with Gasteiger partial charge in [-0.15, -0.1) is 0 Å². The fourth-order valence-corrected chi connectivity index (χ4v) is 4.92. The summed E-state index contributed by atoms with van der Waals surface area (Å²) in [4.78, 5) is 18.8. The molecule has 25 heavy (non-hydrogen) atoms. The molecule has 0 spiro atoms. The summed E-state index contributed by atoms with van der Waals surface area (Å²) < 4.78 is 5.73. The Morgan fingerprint density at radius 1 is 1.44 bits per heavy atom. The van der Waals surface area contributed by atoms with E-state index in [1.165, 1.54) is 0 Å². The highest BCUT2D eigenvalue weighted by Gasteiger charge is 2.59. The summed E-state index contributed by atoms with van der Waals surface area (Å²) in [6.07, 6.45) is 5.57. The van der Waals surface area contributed by atoms with Crippen LogP contribution in [0.2, 0.25) is 0 Å². The van der Waals surface area contributed by atoms with E-state index in [0.717, 1.165) is 37.8 Å². The number of carbonyl (C=O) groups is 1. The maximum Gasteiger partial charge on any atom is 0.318 e. The molecule has 1 saturated heterocycles. The molecular weight excluding hydrogens is 318 g/mol. The lowest BCUT2D eigenvalue weighted by molar-refractivity contribution is 0.0608. The van der Waals surface area contributed by atoms with Crippen molar-refractivity contribution in [3.63, 3.8) is 0 Å². The van der Waals surface area contributed by atoms with Crippen LogP contribution in [0.25, 0.3) is 0 Å². The van der Waals surface area contributed by atoms with Crippen LogP contribution in [0.3, 0.4) is 0 Å². The molecule has 2 bridgehead atoms. The van der Waals surface area contributed by atoms with E-state index >= 15 is 0 Å². The number of aliphatic hydroxyl groups excluding tert-OH is 1. The van der Waals surface area contributed by atoms with Crippen LogP contribution < -0.4 is 10.1 Å². The van der Waals surface area contributed by atoms with Crippen molar-refractivity contribution in [2.75, 3.05) is 13.2 Å². The molecule has 2 aliphatic carbocycles. The number of aliphatic hydroxyl groups is 1. The molecule has 2 saturated carbocycles. The number of hydrogen-bond acceptors (Lipinski definition) is 4. The van der Waals surface area contributed by atoms with Crippen molar-refractivity contribution in [1.82, 2.24) is 15.2 Å². The Bertz CT molecular complexity index is 636. The number of urea groups is 1. The van der Waals surface area contributed by atoms with Crippen molar-refractivity contribution in [1.29, 1.82) is 0 Å². The van der Waals surface area contributed by atoms with Gasteiger partial charge in [0.25, 0.3) is 0 Å². The second kappa shape index (κ2) is 6.83. The van der Waals surface area contributed by atoms with Crippen LogP contribution in [0.1, 0.15) is 38.2 Å². The van der Waals surface area contributed by atoms with E-state index in [9.17, 15) is 9.90 Å². The van der Waals surface area contributed by atoms with Crippen LogP contribution in [0.15, 0.2) is 18.3 Å². The number of nitrogens with one attached hydrogen (secondary N) is 1. The van der Waals surface area contributed by atoms with Crippen molar-refractivity contribution < 1.29 is 14.6 Å². The number of amides is 2. The van der Waals surface area contributed by atoms with Gasteiger partial charge in [0.2, 0.25) is 5.88 Å². The Balaban J connectivity index is 1.37. The number of unbranched alkanes of at least 4 members (excludes halogenated alkanes) is 1. The van der Waals surface area contributed by atoms with Crippen LogP contribution in [-0.4, -0.2) is 46.3 Å². The summed E-state index contributed by atoms with van der Waals surface area (Å²) in [5.74, 6) is 2.07. The standard InChI is InChI=1S/C19H27N3O3/c1-2-3-7-25-18-12(5-4-6-20-18)10-21-19(24)22-11-14-8-13-9-15(14)16(22)17(13)23/h4-6,13-17,23H,2-3,7-11H2,1H3,(H,21,24)/t13-,14-,15+,16+,17-/m0/s1. The number of carbonyl (C=O) groups excluding carboxylic acids is 1. The van der Waals surface area contributed by atoms with Crippen LogP contribution in [0.4, 0.5) is 4.79 Å². The van der Waals surface area contributed by atoms with Gasteiger partial charge in [-0.25, -0.2) is 9.78 Å². The van der Waals surface area contributed by atoms with Gasteiger partial charge in [-0.1, -0.05) is 19.4 Å². The molecule has 3 fully saturated rings. The molecule has 1 aliphatic heterocycles. The number of ether oxygens (including phenoxy) is 1. The molecule has 2 N–H and O–H groups in total. The van der Waals surface area contributed by atoms with Gasteiger partial charge in [0, 0.05) is 24.8 Å². The smallest absolute Gasteiger partial charge is 0.318 e. The Labute approximate surface area is 148 Å². The molecule has 136 valence electrons. The highest BCUT2D eigenvalue weighted by Crippen LogP contribution is 2.54. The maximum atomic E-state index is 12.7. The zero-order valence-electron chi connectivity index (χ0n) is 14.7. The first-order valence-electron chi connectivity index (χ1n) is 9.48. The van der Waals surface area contributed by atoms with Crippen LogP contribution >= 0.6 is 0 Å². The number of pyridine rings is 1. The lowest BCUT2D eigenvalue weighted by atomic mass is 9.88. The molecule has 0 unspecified atom stereocenters. The van der Waals surface area contributed by atoms with E-state index in [1.807, 2.05) is 17.0 Å². The molecule has 6 heteroatoms. The number of fused-ring (bicyclic) bond motifs is 1. The van der Waals surface area contributed by atoms with E-state index in [2.05, 4.69) is 17.2 Å². The average molecular weight is 345 g/mol. The monoisotopic (exact) mass is 345 g/mol. The van der Waals surface area contributed by atoms with Gasteiger partial charge >= 0.3 is 6.03 Å². The van der Waals surface area contributed by atoms with Gasteiger partial charge in [0.1, 0.15) is 0 Å². The molecule has 1 aromatic rings. The van der Waals surface area contributed by atoms with Crippen LogP contribution in [-0.2, 0) is 6.54 Å². The lowest BCUT2D eigenvalue weighted by Gasteiger charge is -2.29. The SMILES string of the molecule is CCCCOc1ncccc1CNC(=O)N1C[C@@H]2C[C@H]3C[C@H]2[C@@H]1[C@H]3O. The Hall–Kier alpha value is -1.82. The summed E-state index contributed by atoms with van der Waals surface area (Å²) in [6.45, 7) is 3.93. The van der Waals surface area contributed by atoms with E-state index in [0.29, 0.717) is 36.8 Å². The Morgan fingerprint density at radius 3 is 3.12 bits per heavy atom. The van der Waals surface area contributed by atoms with Gasteiger partial charge in [-0.2, -0.15) is 0 Å². The van der Waals surface area contributed by atoms with Crippen molar-refractivity contribution >= 4 is 6.03 Å². The normalized spacial score (nSPS) is 32.2. The third kappa shape index (κ3) is 2.97. The van der Waals surface area contributed by atoms with Crippen molar-refractivity contribution in [3.05, 3.63) is 23.9 Å². The van der Waals surface area contributed by atoms with Crippen LogP contribution in [0.5, 0.6) is 5.88 Å². The molecule has 0 aromatic carbocycles. The first-order chi connectivity index (χ1) is 12.2. The molecule has 2 heterocycles. The number of rotatable bonds is 6. The van der Waals surface area contributed by atoms with Gasteiger partial charge in [-0.05, 0) is 43.1 Å². The highest BCUT2D eigenvalue weighted by molar-refractivity contribution is 5.75. The van der Waals surface area contributed by atoms with E-state index in [4.69, 9.17) is 4.74 Å². The lowest BCUT2D eigenvalue weighted by Crippen LogP contribution is -2.47. The summed E-state index contributed by atoms with van der Waals surface area (Å²) in [7, 11) is 0. The summed E-state index contributed by atoms with van der Waals surface area (Å²) in [5.41, 5.74) is 0.888. The minimum Gasteiger partial charge on any atom is -0.477 e. The third-order valence-electron chi connectivity index (χ3n) is 6.13. The summed E-state index contributed by atoms with van der Waals surface area (Å²) in [6, 6.07) is 3.72. The second-order valence-electron chi connectivity index (χ2n) is 7.62. The van der Waals surface area contributed by atoms with Gasteiger partial charge in [0.15, 0.2) is 0 Å². The number of aromatic nitrogens is 1. The van der Waals surface area contributed by atoms with Crippen LogP contribution in [0, 0.1) is 17.8 Å². The Kier molecular flexibility index (Phi) is 4.54. The number of nitrogens with zero attached hydrogens (tertiary/aromatic N) is 2. The predicted octanol–water partition coefficient (Wildman–Crippen LogP) is 2.17. The Morgan fingerprint density at radius 2 is 2.32 bits per heavy atom. The first-order valence-corrected chi connectivity index (χ1v) is 9.48. The fraction of sp³-hybridized carbons (Fsp3) is 0.684. The number of likely N-dealkylation sites (tertiary alicyclic amines) is 1. The summed E-state index contributed by atoms with van der Waals surface area (Å²) >= 11 is 0. The van der Waals surface area contributed by atoms with E-state index in [1.54, 1.807) is 6.20 Å². The largest absolute Gasteiger partial charge is 0.477 e. The van der Waals surface area contributed by atoms with Crippen molar-refractivity contribution in [2.24, 2.45) is 17.8 Å². The van der Waals surface area contributed by atoms with E-state index in [-0.39, 0.29) is 18.2 Å². The minimum atomic E-state index is -0.346. The zero-order chi connectivity index (χ0) is 17.4. The minimum absolute atomic E-state index is 0.0120. The molecule has 4 rings (SSSR count). The molecule has 3 aliphatic rings. The molecule has 2 amide bonds. The predicted molar refractivity (Wildman–Crippen MR) is 93.1 cm³/mol. The quantitative estimate of drug-likeness (QED) is 0.775. The maximum absolute atomic E-state index is 12.7. The van der Waals surface area contributed by atoms with Gasteiger partial charge in [0.05, 0.1) is 18.8 Å². The van der Waals surface area contributed by atoms with Gasteiger partial charge < -0.3 is 20.1 Å². The van der Waals surface area contributed by atoms with Crippen molar-refractivity contribution in [3.8, 4) is 5.88 Å². The zero-order valence-corrected chi connectivity index (χ0v) is 14.7. The van der Waals surface area contributed by atoms with E-state index < -0.39 is 0 Å². The molecule has 0 radical (unpaired) electrons. The topological polar surface area (TPSA) is 74.7 Å².